The molecule has 0 spiro atoms. The van der Waals surface area contributed by atoms with Crippen molar-refractivity contribution < 1.29 is 29.3 Å². The molecule has 1 unspecified atom stereocenters. The Kier molecular flexibility index (Phi) is 9.67. The number of cyclic esters (lactones) is 1. The number of fused-ring (bicyclic) bond motifs is 4. The first-order chi connectivity index (χ1) is 19.8. The Balaban J connectivity index is 1.73. The van der Waals surface area contributed by atoms with Crippen molar-refractivity contribution in [1.29, 1.82) is 0 Å². The molecule has 4 rings (SSSR count). The van der Waals surface area contributed by atoms with Gasteiger partial charge in [0.2, 0.25) is 5.91 Å². The molecule has 5 bridgehead atoms. The van der Waals surface area contributed by atoms with E-state index in [4.69, 9.17) is 9.72 Å². The number of rotatable bonds is 2. The maximum absolute atomic E-state index is 13.5. The minimum absolute atomic E-state index is 0.249. The lowest BCUT2D eigenvalue weighted by Gasteiger charge is -2.37. The smallest absolute Gasteiger partial charge is 0.325 e. The zero-order valence-electron chi connectivity index (χ0n) is 25.1. The van der Waals surface area contributed by atoms with Gasteiger partial charge in [0.25, 0.3) is 5.91 Å². The molecule has 228 valence electrons. The summed E-state index contributed by atoms with van der Waals surface area (Å²) in [4.78, 5) is 44.8. The highest BCUT2D eigenvalue weighted by atomic mass is 16.5. The number of ether oxygens (including phenoxy) is 1. The molecule has 11 heteroatoms. The van der Waals surface area contributed by atoms with E-state index in [2.05, 4.69) is 16.1 Å². The average molecular weight is 582 g/mol. The van der Waals surface area contributed by atoms with Crippen molar-refractivity contribution in [3.05, 3.63) is 47.7 Å². The van der Waals surface area contributed by atoms with E-state index in [0.717, 1.165) is 16.5 Å². The number of carbonyl (C=O) groups excluding carboxylic acids is 3. The Hall–Kier alpha value is -3.38. The van der Waals surface area contributed by atoms with Crippen LogP contribution in [-0.2, 0) is 19.1 Å². The molecular formula is C31H43N5O6. The van der Waals surface area contributed by atoms with Crippen LogP contribution < -0.4 is 16.1 Å². The second kappa shape index (κ2) is 12.9. The zero-order chi connectivity index (χ0) is 30.8. The summed E-state index contributed by atoms with van der Waals surface area (Å²) >= 11 is 0. The number of carbonyl (C=O) groups is 3. The molecule has 1 aromatic heterocycles. The van der Waals surface area contributed by atoms with Gasteiger partial charge in [0.15, 0.2) is 0 Å². The highest BCUT2D eigenvalue weighted by molar-refractivity contribution is 5.90. The summed E-state index contributed by atoms with van der Waals surface area (Å²) in [7, 11) is 0. The number of hydrazine groups is 1. The maximum Gasteiger partial charge on any atom is 0.325 e. The molecule has 0 radical (unpaired) electrons. The Bertz CT molecular complexity index is 1340. The summed E-state index contributed by atoms with van der Waals surface area (Å²) in [5, 5.41) is 29.5. The molecule has 2 aromatic rings. The number of esters is 1. The maximum atomic E-state index is 13.5. The zero-order valence-corrected chi connectivity index (χ0v) is 25.1. The van der Waals surface area contributed by atoms with Crippen molar-refractivity contribution in [3.63, 3.8) is 0 Å². The number of aliphatic hydroxyl groups is 2. The van der Waals surface area contributed by atoms with Crippen molar-refractivity contribution in [2.75, 3.05) is 6.54 Å². The normalized spacial score (nSPS) is 29.2. The third kappa shape index (κ3) is 7.15. The second-order valence-electron chi connectivity index (χ2n) is 12.3. The van der Waals surface area contributed by atoms with E-state index >= 15 is 0 Å². The quantitative estimate of drug-likeness (QED) is 0.336. The molecule has 1 aromatic carbocycles. The minimum atomic E-state index is -1.27. The Morgan fingerprint density at radius 3 is 2.50 bits per heavy atom. The Morgan fingerprint density at radius 1 is 1.10 bits per heavy atom. The van der Waals surface area contributed by atoms with Crippen LogP contribution in [-0.4, -0.2) is 75.0 Å². The van der Waals surface area contributed by atoms with E-state index in [-0.39, 0.29) is 12.5 Å². The van der Waals surface area contributed by atoms with Gasteiger partial charge < -0.3 is 20.3 Å². The number of nitrogens with one attached hydrogen (secondary N) is 3. The highest BCUT2D eigenvalue weighted by Gasteiger charge is 2.38. The largest absolute Gasteiger partial charge is 0.455 e. The van der Waals surface area contributed by atoms with Crippen LogP contribution in [0.3, 0.4) is 0 Å². The molecule has 11 nitrogen and oxygen atoms in total. The highest BCUT2D eigenvalue weighted by Crippen LogP contribution is 2.26. The summed E-state index contributed by atoms with van der Waals surface area (Å²) in [6, 6.07) is 6.65. The van der Waals surface area contributed by atoms with Gasteiger partial charge in [-0.25, -0.2) is 10.4 Å². The lowest BCUT2D eigenvalue weighted by molar-refractivity contribution is -0.157. The molecule has 2 aliphatic rings. The molecule has 0 saturated carbocycles. The predicted octanol–water partition coefficient (Wildman–Crippen LogP) is 2.19. The number of aromatic nitrogens is 1. The van der Waals surface area contributed by atoms with Crippen LogP contribution in [0, 0.1) is 11.3 Å². The van der Waals surface area contributed by atoms with Crippen molar-refractivity contribution in [3.8, 4) is 0 Å². The number of hydrogen-bond donors (Lipinski definition) is 5. The predicted molar refractivity (Wildman–Crippen MR) is 158 cm³/mol. The fourth-order valence-corrected chi connectivity index (χ4v) is 5.07. The SMILES string of the molecule is CC(C)[C@@H]1NC(O)C(C)(C)/C=C/c2ccc3ccc(nc3c2)[C@@H](C)OC(=O)[C@@H]2CCCN(N2)C(=O)[C@H]([C@@H](C)O)NC1=O. The molecule has 0 aliphatic carbocycles. The molecular weight excluding hydrogens is 538 g/mol. The van der Waals surface area contributed by atoms with Crippen LogP contribution in [0.4, 0.5) is 0 Å². The van der Waals surface area contributed by atoms with E-state index in [1.54, 1.807) is 6.92 Å². The fourth-order valence-electron chi connectivity index (χ4n) is 5.07. The molecule has 3 heterocycles. The van der Waals surface area contributed by atoms with Crippen LogP contribution in [0.1, 0.15) is 71.7 Å². The average Bonchev–Trinajstić information content (AvgIpc) is 2.95. The topological polar surface area (TPSA) is 153 Å². The summed E-state index contributed by atoms with van der Waals surface area (Å²) < 4.78 is 5.75. The van der Waals surface area contributed by atoms with E-state index in [9.17, 15) is 24.6 Å². The van der Waals surface area contributed by atoms with Gasteiger partial charge in [-0.3, -0.25) is 24.7 Å². The lowest BCUT2D eigenvalue weighted by Crippen LogP contribution is -2.64. The molecule has 2 aliphatic heterocycles. The number of nitrogens with zero attached hydrogens (tertiary/aromatic N) is 2. The number of pyridine rings is 1. The van der Waals surface area contributed by atoms with Gasteiger partial charge in [-0.15, -0.1) is 0 Å². The van der Waals surface area contributed by atoms with Gasteiger partial charge in [-0.1, -0.05) is 58.0 Å². The standard InChI is InChI=1S/C31H43N5O6/c1-17(2)25-27(38)33-26(18(3)37)28(39)36-15-7-8-23(35-36)29(40)42-19(4)22-12-11-21-10-9-20(16-24(21)32-22)13-14-31(5,6)30(41)34-25/h9-14,16-19,23,25-26,30,34-35,37,41H,7-8,15H2,1-6H3,(H,33,38)/b14-13+/t18-,19-,23+,25+,26+,30?/m1/s1. The van der Waals surface area contributed by atoms with Crippen LogP contribution in [0.15, 0.2) is 36.4 Å². The molecule has 5 N–H and O–H groups in total. The van der Waals surface area contributed by atoms with Crippen LogP contribution in [0.2, 0.25) is 0 Å². The summed E-state index contributed by atoms with van der Waals surface area (Å²) in [5.74, 6) is -1.89. The Labute approximate surface area is 246 Å². The summed E-state index contributed by atoms with van der Waals surface area (Å²) in [6.07, 6.45) is 1.76. The first-order valence-corrected chi connectivity index (χ1v) is 14.6. The van der Waals surface area contributed by atoms with Gasteiger partial charge in [-0.2, -0.15) is 0 Å². The Morgan fingerprint density at radius 2 is 1.81 bits per heavy atom. The molecule has 1 saturated heterocycles. The number of benzene rings is 1. The number of hydrogen-bond acceptors (Lipinski definition) is 9. The van der Waals surface area contributed by atoms with Crippen LogP contribution >= 0.6 is 0 Å². The van der Waals surface area contributed by atoms with Gasteiger partial charge >= 0.3 is 5.97 Å². The molecule has 2 amide bonds. The third-order valence-electron chi connectivity index (χ3n) is 7.93. The summed E-state index contributed by atoms with van der Waals surface area (Å²) in [5.41, 5.74) is 4.33. The molecule has 1 fully saturated rings. The van der Waals surface area contributed by atoms with Gasteiger partial charge in [0, 0.05) is 17.3 Å². The fraction of sp³-hybridized carbons (Fsp3) is 0.548. The number of aliphatic hydroxyl groups excluding tert-OH is 2. The van der Waals surface area contributed by atoms with Gasteiger partial charge in [0.1, 0.15) is 24.4 Å². The van der Waals surface area contributed by atoms with Gasteiger partial charge in [0.05, 0.1) is 23.4 Å². The minimum Gasteiger partial charge on any atom is -0.455 e. The van der Waals surface area contributed by atoms with Crippen molar-refractivity contribution in [2.24, 2.45) is 11.3 Å². The van der Waals surface area contributed by atoms with E-state index in [1.807, 2.05) is 70.2 Å². The second-order valence-corrected chi connectivity index (χ2v) is 12.3. The van der Waals surface area contributed by atoms with Crippen LogP contribution in [0.5, 0.6) is 0 Å². The molecule has 6 atom stereocenters. The number of amides is 2. The van der Waals surface area contributed by atoms with Gasteiger partial charge in [-0.05, 0) is 50.3 Å². The lowest BCUT2D eigenvalue weighted by atomic mass is 9.88. The van der Waals surface area contributed by atoms with Crippen LogP contribution in [0.25, 0.3) is 17.0 Å². The first kappa shape index (κ1) is 31.6. The molecule has 42 heavy (non-hydrogen) atoms. The van der Waals surface area contributed by atoms with E-state index in [1.165, 1.54) is 11.9 Å². The van der Waals surface area contributed by atoms with E-state index in [0.29, 0.717) is 18.5 Å². The first-order valence-electron chi connectivity index (χ1n) is 14.6. The van der Waals surface area contributed by atoms with Crippen molar-refractivity contribution in [2.45, 2.75) is 90.9 Å². The van der Waals surface area contributed by atoms with Crippen molar-refractivity contribution >= 4 is 34.8 Å². The monoisotopic (exact) mass is 581 g/mol. The van der Waals surface area contributed by atoms with Crippen molar-refractivity contribution in [1.82, 2.24) is 26.1 Å². The third-order valence-corrected chi connectivity index (χ3v) is 7.93. The summed E-state index contributed by atoms with van der Waals surface area (Å²) in [6.45, 7) is 10.8. The van der Waals surface area contributed by atoms with E-state index < -0.39 is 59.8 Å².